The van der Waals surface area contributed by atoms with Crippen LogP contribution in [0.2, 0.25) is 0 Å². The van der Waals surface area contributed by atoms with Gasteiger partial charge in [-0.2, -0.15) is 4.31 Å². The molecule has 0 saturated heterocycles. The molecule has 0 bridgehead atoms. The summed E-state index contributed by atoms with van der Waals surface area (Å²) in [6, 6.07) is 12.0. The topological polar surface area (TPSA) is 130 Å². The van der Waals surface area contributed by atoms with E-state index in [4.69, 9.17) is 4.52 Å². The molecule has 0 saturated carbocycles. The number of aromatic nitrogens is 1. The third-order valence-corrected chi connectivity index (χ3v) is 7.96. The maximum atomic E-state index is 13.4. The van der Waals surface area contributed by atoms with Crippen molar-refractivity contribution in [3.8, 4) is 0 Å². The van der Waals surface area contributed by atoms with Gasteiger partial charge in [0, 0.05) is 24.0 Å². The Kier molecular flexibility index (Phi) is 9.10. The average molecular weight is 518 g/mol. The number of hydrogen-bond acceptors (Lipinski definition) is 8. The second kappa shape index (κ2) is 12.0. The van der Waals surface area contributed by atoms with Gasteiger partial charge in [0.25, 0.3) is 0 Å². The number of aliphatic hydroxyl groups excluding tert-OH is 1. The number of allylic oxidation sites excluding steroid dienone is 1. The molecule has 0 radical (unpaired) electrons. The minimum atomic E-state index is -4.06. The van der Waals surface area contributed by atoms with Crippen molar-refractivity contribution in [3.63, 3.8) is 0 Å². The standard InChI is InChI=1S/C24H27N3O6S2/c1-17(28)10-11-24(30)26-21(13-19-7-4-3-5-8-19)22(29)16-27(15-20-9-6-12-34-20)35(31,32)23-14-25-33-18(23)2/h3-12,14,21-22,29H,13,15-16H2,1-2H3,(H,26,30)/b11-10+. The first-order chi connectivity index (χ1) is 16.7. The number of carbonyl (C=O) groups excluding carboxylic acids is 2. The van der Waals surface area contributed by atoms with Gasteiger partial charge in [-0.05, 0) is 43.4 Å². The number of aryl methyl sites for hydroxylation is 1. The number of rotatable bonds is 12. The molecule has 3 aromatic rings. The summed E-state index contributed by atoms with van der Waals surface area (Å²) in [5.41, 5.74) is 0.843. The number of sulfonamides is 1. The van der Waals surface area contributed by atoms with Crippen molar-refractivity contribution in [1.29, 1.82) is 0 Å². The van der Waals surface area contributed by atoms with Gasteiger partial charge in [0.1, 0.15) is 4.90 Å². The van der Waals surface area contributed by atoms with Crippen LogP contribution in [0.3, 0.4) is 0 Å². The quantitative estimate of drug-likeness (QED) is 0.353. The maximum absolute atomic E-state index is 13.4. The first kappa shape index (κ1) is 26.5. The van der Waals surface area contributed by atoms with E-state index in [1.165, 1.54) is 25.2 Å². The summed E-state index contributed by atoms with van der Waals surface area (Å²) in [6.07, 6.45) is 2.34. The molecule has 0 aliphatic rings. The lowest BCUT2D eigenvalue weighted by Gasteiger charge is -2.29. The Morgan fingerprint density at radius 3 is 2.54 bits per heavy atom. The summed E-state index contributed by atoms with van der Waals surface area (Å²) >= 11 is 1.39. The Hall–Kier alpha value is -3.12. The molecule has 2 atom stereocenters. The number of carbonyl (C=O) groups is 2. The van der Waals surface area contributed by atoms with E-state index < -0.39 is 28.1 Å². The summed E-state index contributed by atoms with van der Waals surface area (Å²) in [6.45, 7) is 2.55. The second-order valence-corrected chi connectivity index (χ2v) is 10.9. The number of aliphatic hydroxyl groups is 1. The highest BCUT2D eigenvalue weighted by molar-refractivity contribution is 7.89. The predicted molar refractivity (Wildman–Crippen MR) is 131 cm³/mol. The lowest BCUT2D eigenvalue weighted by atomic mass is 10.0. The molecule has 2 unspecified atom stereocenters. The number of hydrogen-bond donors (Lipinski definition) is 2. The van der Waals surface area contributed by atoms with Gasteiger partial charge in [0.05, 0.1) is 18.3 Å². The van der Waals surface area contributed by atoms with Gasteiger partial charge < -0.3 is 14.9 Å². The first-order valence-corrected chi connectivity index (χ1v) is 13.1. The minimum absolute atomic E-state index is 0.0257. The smallest absolute Gasteiger partial charge is 0.248 e. The molecule has 186 valence electrons. The van der Waals surface area contributed by atoms with E-state index in [0.29, 0.717) is 0 Å². The average Bonchev–Trinajstić information content (AvgIpc) is 3.49. The van der Waals surface area contributed by atoms with Crippen LogP contribution >= 0.6 is 11.3 Å². The fourth-order valence-electron chi connectivity index (χ4n) is 3.41. The molecule has 35 heavy (non-hydrogen) atoms. The lowest BCUT2D eigenvalue weighted by Crippen LogP contribution is -2.50. The molecule has 1 amide bonds. The zero-order valence-corrected chi connectivity index (χ0v) is 21.0. The van der Waals surface area contributed by atoms with Gasteiger partial charge in [-0.15, -0.1) is 11.3 Å². The van der Waals surface area contributed by atoms with Crippen LogP contribution in [0.15, 0.2) is 75.6 Å². The fourth-order valence-corrected chi connectivity index (χ4v) is 5.73. The summed E-state index contributed by atoms with van der Waals surface area (Å²) in [4.78, 5) is 24.3. The maximum Gasteiger partial charge on any atom is 0.248 e. The van der Waals surface area contributed by atoms with Gasteiger partial charge >= 0.3 is 0 Å². The van der Waals surface area contributed by atoms with Crippen molar-refractivity contribution in [2.24, 2.45) is 0 Å². The summed E-state index contributed by atoms with van der Waals surface area (Å²) in [5.74, 6) is -0.723. The van der Waals surface area contributed by atoms with E-state index in [2.05, 4.69) is 10.5 Å². The van der Waals surface area contributed by atoms with E-state index in [1.807, 2.05) is 41.8 Å². The first-order valence-electron chi connectivity index (χ1n) is 10.8. The zero-order valence-electron chi connectivity index (χ0n) is 19.3. The predicted octanol–water partition coefficient (Wildman–Crippen LogP) is 2.47. The monoisotopic (exact) mass is 517 g/mol. The number of amides is 1. The Morgan fingerprint density at radius 2 is 1.94 bits per heavy atom. The summed E-state index contributed by atoms with van der Waals surface area (Å²) in [5, 5.41) is 19.3. The number of ketones is 1. The number of thiophene rings is 1. The van der Waals surface area contributed by atoms with Crippen molar-refractivity contribution in [2.75, 3.05) is 6.54 Å². The van der Waals surface area contributed by atoms with Gasteiger partial charge in [0.15, 0.2) is 11.5 Å². The van der Waals surface area contributed by atoms with Gasteiger partial charge in [0.2, 0.25) is 15.9 Å². The van der Waals surface area contributed by atoms with E-state index in [0.717, 1.165) is 33.1 Å². The zero-order chi connectivity index (χ0) is 25.4. The van der Waals surface area contributed by atoms with Crippen molar-refractivity contribution in [3.05, 3.63) is 82.4 Å². The number of benzene rings is 1. The third-order valence-electron chi connectivity index (χ3n) is 5.19. The van der Waals surface area contributed by atoms with Crippen LogP contribution in [0.5, 0.6) is 0 Å². The molecule has 0 aliphatic heterocycles. The Labute approximate surface area is 208 Å². The van der Waals surface area contributed by atoms with Crippen molar-refractivity contribution >= 4 is 33.1 Å². The molecule has 11 heteroatoms. The Bertz CT molecular complexity index is 1250. The molecular formula is C24H27N3O6S2. The largest absolute Gasteiger partial charge is 0.390 e. The normalized spacial score (nSPS) is 13.7. The highest BCUT2D eigenvalue weighted by Crippen LogP contribution is 2.24. The van der Waals surface area contributed by atoms with Crippen molar-refractivity contribution in [1.82, 2.24) is 14.8 Å². The van der Waals surface area contributed by atoms with E-state index >= 15 is 0 Å². The third kappa shape index (κ3) is 7.43. The van der Waals surface area contributed by atoms with E-state index in [1.54, 1.807) is 6.07 Å². The van der Waals surface area contributed by atoms with Crippen LogP contribution in [0, 0.1) is 6.92 Å². The van der Waals surface area contributed by atoms with Crippen LogP contribution in [-0.2, 0) is 32.6 Å². The molecule has 1 aromatic carbocycles. The number of nitrogens with one attached hydrogen (secondary N) is 1. The molecule has 0 aliphatic carbocycles. The minimum Gasteiger partial charge on any atom is -0.390 e. The second-order valence-electron chi connectivity index (χ2n) is 7.94. The van der Waals surface area contributed by atoms with Crippen LogP contribution < -0.4 is 5.32 Å². The van der Waals surface area contributed by atoms with Gasteiger partial charge in [-0.25, -0.2) is 8.42 Å². The molecular weight excluding hydrogens is 490 g/mol. The van der Waals surface area contributed by atoms with Crippen LogP contribution in [0.1, 0.15) is 23.1 Å². The summed E-state index contributed by atoms with van der Waals surface area (Å²) < 4.78 is 33.0. The van der Waals surface area contributed by atoms with Crippen LogP contribution in [-0.4, -0.2) is 53.4 Å². The highest BCUT2D eigenvalue weighted by atomic mass is 32.2. The van der Waals surface area contributed by atoms with Gasteiger partial charge in [-0.3, -0.25) is 9.59 Å². The van der Waals surface area contributed by atoms with E-state index in [9.17, 15) is 23.1 Å². The Morgan fingerprint density at radius 1 is 1.20 bits per heavy atom. The highest BCUT2D eigenvalue weighted by Gasteiger charge is 2.33. The number of nitrogens with zero attached hydrogens (tertiary/aromatic N) is 2. The van der Waals surface area contributed by atoms with Crippen LogP contribution in [0.4, 0.5) is 0 Å². The molecule has 2 aromatic heterocycles. The molecule has 2 N–H and O–H groups in total. The molecule has 9 nitrogen and oxygen atoms in total. The molecule has 3 rings (SSSR count). The fraction of sp³-hybridized carbons (Fsp3) is 0.292. The van der Waals surface area contributed by atoms with Crippen LogP contribution in [0.25, 0.3) is 0 Å². The van der Waals surface area contributed by atoms with Crippen molar-refractivity contribution < 1.29 is 27.6 Å². The SMILES string of the molecule is CC(=O)/C=C/C(=O)NC(Cc1ccccc1)C(O)CN(Cc1cccs1)S(=O)(=O)c1cnoc1C. The lowest BCUT2D eigenvalue weighted by molar-refractivity contribution is -0.118. The van der Waals surface area contributed by atoms with E-state index in [-0.39, 0.29) is 35.9 Å². The molecule has 0 spiro atoms. The molecule has 0 fully saturated rings. The van der Waals surface area contributed by atoms with Gasteiger partial charge in [-0.1, -0.05) is 41.6 Å². The Balaban J connectivity index is 1.88. The molecule has 2 heterocycles. The summed E-state index contributed by atoms with van der Waals surface area (Å²) in [7, 11) is -4.06. The van der Waals surface area contributed by atoms with Crippen molar-refractivity contribution in [2.45, 2.75) is 43.9 Å².